The third kappa shape index (κ3) is 1.31. The van der Waals surface area contributed by atoms with E-state index in [4.69, 9.17) is 9.15 Å². The van der Waals surface area contributed by atoms with E-state index in [2.05, 4.69) is 11.1 Å². The number of nitrogens with zero attached hydrogens (tertiary/aromatic N) is 2. The zero-order valence-electron chi connectivity index (χ0n) is 10.4. The Balaban J connectivity index is 2.14. The Morgan fingerprint density at radius 3 is 2.78 bits per heavy atom. The number of ether oxygens (including phenoxy) is 1. The molecule has 0 radical (unpaired) electrons. The normalized spacial score (nSPS) is 18.3. The maximum Gasteiger partial charge on any atom is 0.181 e. The van der Waals surface area contributed by atoms with Gasteiger partial charge in [-0.3, -0.25) is 0 Å². The van der Waals surface area contributed by atoms with Crippen LogP contribution in [0.5, 0.6) is 0 Å². The van der Waals surface area contributed by atoms with Gasteiger partial charge in [0.15, 0.2) is 12.0 Å². The number of hydrogen-bond acceptors (Lipinski definition) is 4. The van der Waals surface area contributed by atoms with Gasteiger partial charge in [0.1, 0.15) is 5.52 Å². The number of benzene rings is 1. The van der Waals surface area contributed by atoms with Crippen LogP contribution in [0, 0.1) is 16.7 Å². The van der Waals surface area contributed by atoms with E-state index >= 15 is 0 Å². The summed E-state index contributed by atoms with van der Waals surface area (Å²) in [5, 5.41) is 9.39. The fraction of sp³-hybridized carbons (Fsp3) is 0.429. The monoisotopic (exact) mass is 242 g/mol. The van der Waals surface area contributed by atoms with Crippen molar-refractivity contribution in [1.29, 1.82) is 5.26 Å². The quantitative estimate of drug-likeness (QED) is 0.812. The lowest BCUT2D eigenvalue weighted by Crippen LogP contribution is -2.56. The molecule has 0 saturated carbocycles. The van der Waals surface area contributed by atoms with Crippen LogP contribution >= 0.6 is 0 Å². The molecule has 0 bridgehead atoms. The van der Waals surface area contributed by atoms with Gasteiger partial charge >= 0.3 is 0 Å². The molecule has 0 atom stereocenters. The highest BCUT2D eigenvalue weighted by Crippen LogP contribution is 2.47. The number of nitriles is 1. The molecule has 1 aliphatic rings. The molecule has 1 saturated heterocycles. The van der Waals surface area contributed by atoms with Crippen molar-refractivity contribution in [2.75, 3.05) is 13.2 Å². The minimum absolute atomic E-state index is 0.247. The first-order chi connectivity index (χ1) is 8.59. The summed E-state index contributed by atoms with van der Waals surface area (Å²) in [4.78, 5) is 4.11. The first-order valence-electron chi connectivity index (χ1n) is 5.92. The van der Waals surface area contributed by atoms with Crippen LogP contribution in [0.4, 0.5) is 0 Å². The van der Waals surface area contributed by atoms with E-state index in [9.17, 15) is 5.26 Å². The molecular weight excluding hydrogens is 228 g/mol. The van der Waals surface area contributed by atoms with Gasteiger partial charge in [-0.25, -0.2) is 4.98 Å². The number of rotatable bonds is 2. The van der Waals surface area contributed by atoms with Crippen molar-refractivity contribution in [3.8, 4) is 6.07 Å². The Bertz CT molecular complexity index is 633. The summed E-state index contributed by atoms with van der Waals surface area (Å²) in [7, 11) is 0. The van der Waals surface area contributed by atoms with E-state index in [0.717, 1.165) is 16.7 Å². The van der Waals surface area contributed by atoms with Crippen LogP contribution in [-0.4, -0.2) is 18.2 Å². The predicted molar refractivity (Wildman–Crippen MR) is 65.9 cm³/mol. The maximum atomic E-state index is 9.39. The zero-order chi connectivity index (χ0) is 12.8. The standard InChI is InChI=1S/C14H14N2O2/c1-13(2,6-15)14(7-17-8-14)10-3-4-11-12(5-10)18-9-16-11/h3-5,9H,7-8H2,1-2H3. The van der Waals surface area contributed by atoms with Crippen molar-refractivity contribution in [2.24, 2.45) is 5.41 Å². The summed E-state index contributed by atoms with van der Waals surface area (Å²) >= 11 is 0. The number of hydrogen-bond donors (Lipinski definition) is 0. The molecule has 0 aliphatic carbocycles. The van der Waals surface area contributed by atoms with Gasteiger partial charge in [0.25, 0.3) is 0 Å². The minimum Gasteiger partial charge on any atom is -0.443 e. The second-order valence-electron chi connectivity index (χ2n) is 5.35. The highest BCUT2D eigenvalue weighted by Gasteiger charge is 2.52. The third-order valence-electron chi connectivity index (χ3n) is 4.06. The van der Waals surface area contributed by atoms with Crippen molar-refractivity contribution in [2.45, 2.75) is 19.3 Å². The lowest BCUT2D eigenvalue weighted by molar-refractivity contribution is -0.102. The molecule has 1 aromatic heterocycles. The summed E-state index contributed by atoms with van der Waals surface area (Å²) in [6.07, 6.45) is 1.44. The minimum atomic E-state index is -0.473. The molecule has 0 amide bonds. The van der Waals surface area contributed by atoms with E-state index in [1.54, 1.807) is 0 Å². The van der Waals surface area contributed by atoms with Crippen molar-refractivity contribution in [1.82, 2.24) is 4.98 Å². The van der Waals surface area contributed by atoms with Gasteiger partial charge in [0.2, 0.25) is 0 Å². The molecule has 92 valence electrons. The van der Waals surface area contributed by atoms with Gasteiger partial charge in [-0.1, -0.05) is 6.07 Å². The Morgan fingerprint density at radius 1 is 1.39 bits per heavy atom. The average Bonchev–Trinajstić information content (AvgIpc) is 2.74. The van der Waals surface area contributed by atoms with Gasteiger partial charge in [-0.15, -0.1) is 0 Å². The summed E-state index contributed by atoms with van der Waals surface area (Å²) in [5.41, 5.74) is 1.96. The van der Waals surface area contributed by atoms with Crippen LogP contribution in [-0.2, 0) is 10.2 Å². The molecule has 4 nitrogen and oxygen atoms in total. The summed E-state index contributed by atoms with van der Waals surface area (Å²) in [6.45, 7) is 5.07. The van der Waals surface area contributed by atoms with Crippen molar-refractivity contribution in [3.05, 3.63) is 30.2 Å². The van der Waals surface area contributed by atoms with Crippen molar-refractivity contribution in [3.63, 3.8) is 0 Å². The Labute approximate surface area is 105 Å². The highest BCUT2D eigenvalue weighted by atomic mass is 16.5. The molecule has 0 spiro atoms. The van der Waals surface area contributed by atoms with E-state index in [0.29, 0.717) is 13.2 Å². The van der Waals surface area contributed by atoms with Gasteiger partial charge in [0, 0.05) is 0 Å². The van der Waals surface area contributed by atoms with Crippen LogP contribution in [0.2, 0.25) is 0 Å². The molecule has 2 aromatic rings. The lowest BCUT2D eigenvalue weighted by Gasteiger charge is -2.49. The molecule has 4 heteroatoms. The first-order valence-corrected chi connectivity index (χ1v) is 5.92. The van der Waals surface area contributed by atoms with Crippen LogP contribution in [0.1, 0.15) is 19.4 Å². The maximum absolute atomic E-state index is 9.39. The van der Waals surface area contributed by atoms with Gasteiger partial charge in [0.05, 0.1) is 30.1 Å². The van der Waals surface area contributed by atoms with E-state index < -0.39 is 5.41 Å². The van der Waals surface area contributed by atoms with Crippen molar-refractivity contribution >= 4 is 11.1 Å². The molecule has 3 rings (SSSR count). The summed E-state index contributed by atoms with van der Waals surface area (Å²) < 4.78 is 10.7. The summed E-state index contributed by atoms with van der Waals surface area (Å²) in [5.74, 6) is 0. The first kappa shape index (κ1) is 11.2. The van der Waals surface area contributed by atoms with Crippen LogP contribution < -0.4 is 0 Å². The average molecular weight is 242 g/mol. The molecule has 1 fully saturated rings. The molecule has 0 N–H and O–H groups in total. The fourth-order valence-corrected chi connectivity index (χ4v) is 2.45. The second-order valence-corrected chi connectivity index (χ2v) is 5.35. The van der Waals surface area contributed by atoms with Gasteiger partial charge in [-0.05, 0) is 31.5 Å². The van der Waals surface area contributed by atoms with Crippen LogP contribution in [0.25, 0.3) is 11.1 Å². The molecule has 1 aromatic carbocycles. The molecule has 0 unspecified atom stereocenters. The molecule has 18 heavy (non-hydrogen) atoms. The van der Waals surface area contributed by atoms with Gasteiger partial charge < -0.3 is 9.15 Å². The topological polar surface area (TPSA) is 59.0 Å². The van der Waals surface area contributed by atoms with Crippen LogP contribution in [0.3, 0.4) is 0 Å². The SMILES string of the molecule is CC(C)(C#N)C1(c2ccc3ncoc3c2)COC1. The molecule has 2 heterocycles. The smallest absolute Gasteiger partial charge is 0.181 e. The van der Waals surface area contributed by atoms with Crippen molar-refractivity contribution < 1.29 is 9.15 Å². The lowest BCUT2D eigenvalue weighted by atomic mass is 9.61. The third-order valence-corrected chi connectivity index (χ3v) is 4.06. The number of fused-ring (bicyclic) bond motifs is 1. The Hall–Kier alpha value is -1.86. The Morgan fingerprint density at radius 2 is 2.17 bits per heavy atom. The highest BCUT2D eigenvalue weighted by molar-refractivity contribution is 5.73. The molecule has 1 aliphatic heterocycles. The fourth-order valence-electron chi connectivity index (χ4n) is 2.45. The van der Waals surface area contributed by atoms with E-state index in [-0.39, 0.29) is 5.41 Å². The van der Waals surface area contributed by atoms with Crippen LogP contribution in [0.15, 0.2) is 29.0 Å². The van der Waals surface area contributed by atoms with E-state index in [1.807, 2.05) is 32.0 Å². The number of aromatic nitrogens is 1. The zero-order valence-corrected chi connectivity index (χ0v) is 10.4. The second kappa shape index (κ2) is 3.56. The largest absolute Gasteiger partial charge is 0.443 e. The number of oxazole rings is 1. The predicted octanol–water partition coefficient (Wildman–Crippen LogP) is 2.65. The van der Waals surface area contributed by atoms with E-state index in [1.165, 1.54) is 6.39 Å². The Kier molecular flexibility index (Phi) is 2.23. The molecular formula is C14H14N2O2. The summed E-state index contributed by atoms with van der Waals surface area (Å²) in [6, 6.07) is 8.33. The van der Waals surface area contributed by atoms with Gasteiger partial charge in [-0.2, -0.15) is 5.26 Å².